The molecule has 264 valence electrons. The molecule has 0 amide bonds. The van der Waals surface area contributed by atoms with Gasteiger partial charge in [-0.05, 0) is 114 Å². The Hall–Kier alpha value is -6.27. The van der Waals surface area contributed by atoms with Gasteiger partial charge in [-0.3, -0.25) is 4.79 Å². The molecule has 0 saturated heterocycles. The average molecular weight is 667 g/mol. The summed E-state index contributed by atoms with van der Waals surface area (Å²) in [5.74, 6) is 40.7. The zero-order valence-corrected chi connectivity index (χ0v) is 28.1. The van der Waals surface area contributed by atoms with Gasteiger partial charge in [-0.1, -0.05) is 20.8 Å². The van der Waals surface area contributed by atoms with Crippen LogP contribution in [-0.4, -0.2) is 40.5 Å². The van der Waals surface area contributed by atoms with E-state index < -0.39 is 8.32 Å². The van der Waals surface area contributed by atoms with Crippen LogP contribution in [-0.2, 0) is 9.16 Å². The number of hydrogen-bond donors (Lipinski definition) is 0. The number of benzene rings is 2. The van der Waals surface area contributed by atoms with Crippen LogP contribution in [0.25, 0.3) is 0 Å². The standard InChI is InChI=1S/C41H32O5Si.17H2/c1-7-8-9-10-11-12-13-14-15-16-17-18-19-20-21-22-31-43-32-33-44-38-27-23-36(24-28-38)40(42)37-25-29-39(30-26-37)45-34-35-46-47(5,6)41(2,3)4;;;;;;;;;;;;;;;;;/h1,23-30H,32-35H2,2-6H3;17*1H. The van der Waals surface area contributed by atoms with E-state index in [1.54, 1.807) is 48.5 Å². The van der Waals surface area contributed by atoms with E-state index in [2.05, 4.69) is 135 Å². The molecule has 0 spiro atoms. The fourth-order valence-electron chi connectivity index (χ4n) is 3.00. The van der Waals surface area contributed by atoms with Crippen molar-refractivity contribution in [1.82, 2.24) is 0 Å². The molecule has 0 aliphatic rings. The van der Waals surface area contributed by atoms with E-state index in [1.807, 2.05) is 0 Å². The molecule has 0 saturated carbocycles. The fraction of sp³-hybridized carbons (Fsp3) is 0.244. The van der Waals surface area contributed by atoms with Crippen molar-refractivity contribution < 1.29 is 47.7 Å². The van der Waals surface area contributed by atoms with Crippen LogP contribution in [0, 0.1) is 107 Å². The molecule has 5 nitrogen and oxygen atoms in total. The van der Waals surface area contributed by atoms with Gasteiger partial charge in [0.1, 0.15) is 37.4 Å². The van der Waals surface area contributed by atoms with Crippen LogP contribution >= 0.6 is 0 Å². The molecule has 0 bridgehead atoms. The normalized spacial score (nSPS) is 8.94. The summed E-state index contributed by atoms with van der Waals surface area (Å²) >= 11 is 0. The second kappa shape index (κ2) is 20.6. The zero-order chi connectivity index (χ0) is 34.2. The number of carbonyl (C=O) groups excluding carboxylic acids is 1. The fourth-order valence-corrected chi connectivity index (χ4v) is 4.03. The number of carbonyl (C=O) groups is 1. The lowest BCUT2D eigenvalue weighted by Crippen LogP contribution is -2.41. The molecule has 0 unspecified atom stereocenters. The lowest BCUT2D eigenvalue weighted by Gasteiger charge is -2.36. The van der Waals surface area contributed by atoms with Gasteiger partial charge in [-0.15, -0.1) is 6.42 Å². The molecule has 0 radical (unpaired) electrons. The highest BCUT2D eigenvalue weighted by Crippen LogP contribution is 2.36. The summed E-state index contributed by atoms with van der Waals surface area (Å²) in [4.78, 5) is 12.9. The summed E-state index contributed by atoms with van der Waals surface area (Å²) in [6, 6.07) is 14.0. The van der Waals surface area contributed by atoms with Crippen LogP contribution < -0.4 is 9.47 Å². The van der Waals surface area contributed by atoms with Gasteiger partial charge in [0.2, 0.25) is 0 Å². The molecule has 2 rings (SSSR count). The molecule has 2 aromatic carbocycles. The maximum Gasteiger partial charge on any atom is 0.193 e. The first-order chi connectivity index (χ1) is 22.6. The van der Waals surface area contributed by atoms with Gasteiger partial charge in [0, 0.05) is 82.7 Å². The van der Waals surface area contributed by atoms with Crippen molar-refractivity contribution in [1.29, 1.82) is 0 Å². The van der Waals surface area contributed by atoms with Gasteiger partial charge in [-0.2, -0.15) is 0 Å². The van der Waals surface area contributed by atoms with Gasteiger partial charge in [0.15, 0.2) is 14.1 Å². The minimum absolute atomic E-state index is 0. The van der Waals surface area contributed by atoms with Gasteiger partial charge < -0.3 is 18.6 Å². The summed E-state index contributed by atoms with van der Waals surface area (Å²) in [6.45, 7) is 12.5. The molecule has 0 aliphatic heterocycles. The first-order valence-electron chi connectivity index (χ1n) is 14.4. The second-order valence-corrected chi connectivity index (χ2v) is 15.5. The van der Waals surface area contributed by atoms with E-state index in [0.29, 0.717) is 35.8 Å². The van der Waals surface area contributed by atoms with Crippen molar-refractivity contribution in [2.45, 2.75) is 38.9 Å². The van der Waals surface area contributed by atoms with Crippen LogP contribution in [0.5, 0.6) is 11.5 Å². The van der Waals surface area contributed by atoms with Crippen LogP contribution in [0.1, 0.15) is 60.9 Å². The van der Waals surface area contributed by atoms with Crippen molar-refractivity contribution in [3.05, 3.63) is 59.7 Å². The SMILES string of the molecule is C#CC#CC#CC#CC#CC#CC#CC#CC#COCCOc1ccc(C(=O)c2ccc(OCCO[Si](C)(C)C(C)(C)C)cc2)cc1.[HH].[HH].[HH].[HH].[HH].[HH].[HH].[HH].[HH].[HH].[HH].[HH].[HH].[HH].[HH].[HH].[HH]. The predicted octanol–water partition coefficient (Wildman–Crippen LogP) is 9.51. The van der Waals surface area contributed by atoms with Crippen LogP contribution in [0.4, 0.5) is 0 Å². The lowest BCUT2D eigenvalue weighted by atomic mass is 10.0. The Labute approximate surface area is 305 Å². The Balaban J connectivity index is -0.0000000968. The first kappa shape index (κ1) is 36.9. The molecule has 2 aromatic rings. The maximum atomic E-state index is 12.9. The molecule has 0 aromatic heterocycles. The second-order valence-electron chi connectivity index (χ2n) is 10.7. The van der Waals surface area contributed by atoms with Crippen LogP contribution in [0.2, 0.25) is 18.1 Å². The van der Waals surface area contributed by atoms with Gasteiger partial charge >= 0.3 is 0 Å². The van der Waals surface area contributed by atoms with Crippen molar-refractivity contribution in [2.75, 3.05) is 26.4 Å². The van der Waals surface area contributed by atoms with Gasteiger partial charge in [0.05, 0.1) is 6.61 Å². The number of rotatable bonds is 11. The van der Waals surface area contributed by atoms with Crippen molar-refractivity contribution in [3.63, 3.8) is 0 Å². The number of terminal acetylenes is 1. The zero-order valence-electron chi connectivity index (χ0n) is 27.1. The molecule has 0 fully saturated rings. The molecule has 47 heavy (non-hydrogen) atoms. The third kappa shape index (κ3) is 15.3. The maximum absolute atomic E-state index is 12.9. The number of ether oxygens (including phenoxy) is 3. The van der Waals surface area contributed by atoms with Crippen LogP contribution in [0.15, 0.2) is 48.5 Å². The summed E-state index contributed by atoms with van der Waals surface area (Å²) < 4.78 is 22.8. The van der Waals surface area contributed by atoms with E-state index in [4.69, 9.17) is 25.1 Å². The molecule has 0 aliphatic carbocycles. The van der Waals surface area contributed by atoms with Crippen molar-refractivity contribution >= 4 is 14.1 Å². The van der Waals surface area contributed by atoms with Crippen molar-refractivity contribution in [2.24, 2.45) is 0 Å². The average Bonchev–Trinajstić information content (AvgIpc) is 3.05. The first-order valence-corrected chi connectivity index (χ1v) is 17.3. The molecule has 0 atom stereocenters. The third-order valence-corrected chi connectivity index (χ3v) is 10.9. The molecular weight excluding hydrogens is 601 g/mol. The minimum Gasteiger partial charge on any atom is -0.491 e. The van der Waals surface area contributed by atoms with Crippen LogP contribution in [0.3, 0.4) is 0 Å². The molecule has 0 N–H and O–H groups in total. The highest BCUT2D eigenvalue weighted by Gasteiger charge is 2.36. The summed E-state index contributed by atoms with van der Waals surface area (Å²) in [6.07, 6.45) is 7.41. The number of ketones is 1. The largest absolute Gasteiger partial charge is 0.491 e. The Morgan fingerprint density at radius 2 is 1.00 bits per heavy atom. The molecular formula is C41H66O5Si. The van der Waals surface area contributed by atoms with Gasteiger partial charge in [0.25, 0.3) is 0 Å². The minimum atomic E-state index is -1.80. The smallest absolute Gasteiger partial charge is 0.193 e. The Kier molecular flexibility index (Phi) is 16.2. The van der Waals surface area contributed by atoms with E-state index in [1.165, 1.54) is 0 Å². The van der Waals surface area contributed by atoms with E-state index in [0.717, 1.165) is 0 Å². The van der Waals surface area contributed by atoms with Gasteiger partial charge in [-0.25, -0.2) is 0 Å². The number of hydrogen-bond acceptors (Lipinski definition) is 5. The van der Waals surface area contributed by atoms with E-state index >= 15 is 0 Å². The predicted molar refractivity (Wildman–Crippen MR) is 223 cm³/mol. The monoisotopic (exact) mass is 666 g/mol. The quantitative estimate of drug-likeness (QED) is 0.104. The highest BCUT2D eigenvalue weighted by atomic mass is 28.4. The topological polar surface area (TPSA) is 54.0 Å². The molecule has 0 heterocycles. The molecule has 6 heteroatoms. The van der Waals surface area contributed by atoms with Crippen molar-refractivity contribution in [3.8, 4) is 119 Å². The summed E-state index contributed by atoms with van der Waals surface area (Å²) in [7, 11) is -1.80. The van der Waals surface area contributed by atoms with E-state index in [-0.39, 0.29) is 48.3 Å². The Morgan fingerprint density at radius 1 is 0.617 bits per heavy atom. The summed E-state index contributed by atoms with van der Waals surface area (Å²) in [5, 5.41) is 0.154. The summed E-state index contributed by atoms with van der Waals surface area (Å²) in [5.41, 5.74) is 1.12. The highest BCUT2D eigenvalue weighted by molar-refractivity contribution is 6.74. The lowest BCUT2D eigenvalue weighted by molar-refractivity contribution is 0.103. The van der Waals surface area contributed by atoms with E-state index in [9.17, 15) is 4.79 Å². The Morgan fingerprint density at radius 3 is 1.40 bits per heavy atom. The Bertz CT molecular complexity index is 2000. The third-order valence-electron chi connectivity index (χ3n) is 6.38.